The highest BCUT2D eigenvalue weighted by molar-refractivity contribution is 6.03. The number of hydrogen-bond donors (Lipinski definition) is 0. The topological polar surface area (TPSA) is 60.4 Å². The summed E-state index contributed by atoms with van der Waals surface area (Å²) in [6, 6.07) is 16.9. The summed E-state index contributed by atoms with van der Waals surface area (Å²) in [4.78, 5) is 19.8. The molecule has 0 N–H and O–H groups in total. The van der Waals surface area contributed by atoms with Crippen molar-refractivity contribution in [3.05, 3.63) is 72.8 Å². The van der Waals surface area contributed by atoms with E-state index in [9.17, 15) is 4.79 Å². The van der Waals surface area contributed by atoms with E-state index >= 15 is 0 Å². The van der Waals surface area contributed by atoms with Crippen molar-refractivity contribution in [3.8, 4) is 11.5 Å². The lowest BCUT2D eigenvalue weighted by atomic mass is 10.0. The van der Waals surface area contributed by atoms with Gasteiger partial charge >= 0.3 is 0 Å². The summed E-state index contributed by atoms with van der Waals surface area (Å²) in [5, 5.41) is 4.20. The summed E-state index contributed by atoms with van der Waals surface area (Å²) in [6.45, 7) is 4.53. The van der Waals surface area contributed by atoms with Crippen molar-refractivity contribution in [2.75, 3.05) is 26.8 Å². The van der Waals surface area contributed by atoms with Crippen molar-refractivity contribution in [1.29, 1.82) is 0 Å². The number of amides is 1. The molecule has 0 bridgehead atoms. The molecule has 2 aromatic carbocycles. The first-order chi connectivity index (χ1) is 13.7. The normalized spacial score (nSPS) is 15.3. The molecule has 1 aliphatic rings. The van der Waals surface area contributed by atoms with Gasteiger partial charge < -0.3 is 19.2 Å². The van der Waals surface area contributed by atoms with Crippen molar-refractivity contribution < 1.29 is 19.1 Å². The van der Waals surface area contributed by atoms with Gasteiger partial charge in [-0.05, 0) is 24.3 Å². The van der Waals surface area contributed by atoms with E-state index in [0.717, 1.165) is 17.0 Å². The lowest BCUT2D eigenvalue weighted by Gasteiger charge is -2.23. The Morgan fingerprint density at radius 2 is 2.00 bits per heavy atom. The van der Waals surface area contributed by atoms with E-state index in [1.807, 2.05) is 54.6 Å². The van der Waals surface area contributed by atoms with Gasteiger partial charge in [0.1, 0.15) is 11.5 Å². The molecule has 6 nitrogen and oxygen atoms in total. The third-order valence-corrected chi connectivity index (χ3v) is 4.38. The second-order valence-electron chi connectivity index (χ2n) is 6.36. The Morgan fingerprint density at radius 1 is 1.25 bits per heavy atom. The molecular weight excluding hydrogens is 356 g/mol. The van der Waals surface area contributed by atoms with Crippen LogP contribution in [0.4, 0.5) is 0 Å². The number of benzene rings is 2. The molecule has 1 amide bonds. The zero-order valence-corrected chi connectivity index (χ0v) is 15.9. The number of carbonyl (C=O) groups is 1. The van der Waals surface area contributed by atoms with Crippen LogP contribution in [0.15, 0.2) is 72.4 Å². The Kier molecular flexibility index (Phi) is 6.68. The van der Waals surface area contributed by atoms with Crippen molar-refractivity contribution in [2.24, 2.45) is 5.16 Å². The first-order valence-corrected chi connectivity index (χ1v) is 9.14. The van der Waals surface area contributed by atoms with Gasteiger partial charge in [-0.2, -0.15) is 0 Å². The molecule has 28 heavy (non-hydrogen) atoms. The van der Waals surface area contributed by atoms with E-state index in [0.29, 0.717) is 25.3 Å². The molecule has 1 atom stereocenters. The fourth-order valence-electron chi connectivity index (χ4n) is 3.00. The maximum Gasteiger partial charge on any atom is 0.260 e. The predicted octanol–water partition coefficient (Wildman–Crippen LogP) is 3.28. The van der Waals surface area contributed by atoms with E-state index in [2.05, 4.69) is 11.7 Å². The van der Waals surface area contributed by atoms with Crippen LogP contribution in [-0.2, 0) is 9.63 Å². The molecule has 0 unspecified atom stereocenters. The van der Waals surface area contributed by atoms with Crippen LogP contribution < -0.4 is 9.47 Å². The molecule has 146 valence electrons. The average Bonchev–Trinajstić information content (AvgIpc) is 3.21. The second kappa shape index (κ2) is 9.60. The zero-order chi connectivity index (χ0) is 19.8. The van der Waals surface area contributed by atoms with Crippen LogP contribution in [0.3, 0.4) is 0 Å². The number of rotatable bonds is 9. The molecular formula is C22H24N2O4. The molecule has 0 saturated heterocycles. The van der Waals surface area contributed by atoms with Gasteiger partial charge in [0.2, 0.25) is 0 Å². The largest absolute Gasteiger partial charge is 0.496 e. The fraction of sp³-hybridized carbons (Fsp3) is 0.273. The number of carbonyl (C=O) groups excluding carboxylic acids is 1. The third-order valence-electron chi connectivity index (χ3n) is 4.38. The SMILES string of the molecule is C=CCN(C[C@H]1CC(c2ccccc2OC)=NO1)C(=O)COc1ccccc1. The van der Waals surface area contributed by atoms with Crippen LogP contribution >= 0.6 is 0 Å². The smallest absolute Gasteiger partial charge is 0.260 e. The first-order valence-electron chi connectivity index (χ1n) is 9.14. The highest BCUT2D eigenvalue weighted by Crippen LogP contribution is 2.24. The van der Waals surface area contributed by atoms with Crippen molar-refractivity contribution >= 4 is 11.6 Å². The highest BCUT2D eigenvalue weighted by Gasteiger charge is 2.27. The third kappa shape index (κ3) is 4.91. The lowest BCUT2D eigenvalue weighted by Crippen LogP contribution is -2.40. The second-order valence-corrected chi connectivity index (χ2v) is 6.36. The van der Waals surface area contributed by atoms with E-state index < -0.39 is 0 Å². The Bertz CT molecular complexity index is 835. The maximum atomic E-state index is 12.6. The molecule has 1 heterocycles. The number of hydrogen-bond acceptors (Lipinski definition) is 5. The van der Waals surface area contributed by atoms with E-state index in [1.165, 1.54) is 0 Å². The number of ether oxygens (including phenoxy) is 2. The number of para-hydroxylation sites is 2. The Morgan fingerprint density at radius 3 is 2.75 bits per heavy atom. The average molecular weight is 380 g/mol. The quantitative estimate of drug-likeness (QED) is 0.627. The van der Waals surface area contributed by atoms with Gasteiger partial charge in [-0.1, -0.05) is 41.6 Å². The van der Waals surface area contributed by atoms with Gasteiger partial charge in [-0.25, -0.2) is 0 Å². The summed E-state index contributed by atoms with van der Waals surface area (Å²) < 4.78 is 11.0. The monoisotopic (exact) mass is 380 g/mol. The van der Waals surface area contributed by atoms with Gasteiger partial charge in [0, 0.05) is 18.5 Å². The van der Waals surface area contributed by atoms with E-state index in [1.54, 1.807) is 18.1 Å². The number of oxime groups is 1. The summed E-state index contributed by atoms with van der Waals surface area (Å²) in [7, 11) is 1.63. The molecule has 3 rings (SSSR count). The molecule has 0 aliphatic carbocycles. The predicted molar refractivity (Wildman–Crippen MR) is 108 cm³/mol. The Balaban J connectivity index is 1.57. The van der Waals surface area contributed by atoms with Crippen LogP contribution in [0.2, 0.25) is 0 Å². The summed E-state index contributed by atoms with van der Waals surface area (Å²) in [5.74, 6) is 1.28. The van der Waals surface area contributed by atoms with Crippen LogP contribution in [0.1, 0.15) is 12.0 Å². The Hall–Kier alpha value is -3.28. The lowest BCUT2D eigenvalue weighted by molar-refractivity contribution is -0.134. The maximum absolute atomic E-state index is 12.6. The number of nitrogens with zero attached hydrogens (tertiary/aromatic N) is 2. The fourth-order valence-corrected chi connectivity index (χ4v) is 3.00. The van der Waals surface area contributed by atoms with E-state index in [4.69, 9.17) is 14.3 Å². The standard InChI is InChI=1S/C22H24N2O4/c1-3-13-24(22(25)16-27-17-9-5-4-6-10-17)15-18-14-20(23-28-18)19-11-7-8-12-21(19)26-2/h3-12,18H,1,13-16H2,2H3/t18-/m1/s1. The van der Waals surface area contributed by atoms with E-state index in [-0.39, 0.29) is 18.6 Å². The molecule has 0 saturated carbocycles. The Labute approximate surface area is 165 Å². The molecule has 1 aliphatic heterocycles. The molecule has 0 aromatic heterocycles. The van der Waals surface area contributed by atoms with Crippen LogP contribution in [0.5, 0.6) is 11.5 Å². The van der Waals surface area contributed by atoms with Gasteiger partial charge in [0.25, 0.3) is 5.91 Å². The number of methoxy groups -OCH3 is 1. The van der Waals surface area contributed by atoms with Crippen LogP contribution in [0, 0.1) is 0 Å². The minimum absolute atomic E-state index is 0.0369. The van der Waals surface area contributed by atoms with Crippen molar-refractivity contribution in [1.82, 2.24) is 4.90 Å². The van der Waals surface area contributed by atoms with Crippen molar-refractivity contribution in [3.63, 3.8) is 0 Å². The van der Waals surface area contributed by atoms with Gasteiger partial charge in [-0.3, -0.25) is 4.79 Å². The summed E-state index contributed by atoms with van der Waals surface area (Å²) in [6.07, 6.45) is 2.07. The van der Waals surface area contributed by atoms with Crippen LogP contribution in [0.25, 0.3) is 0 Å². The highest BCUT2D eigenvalue weighted by atomic mass is 16.6. The summed E-state index contributed by atoms with van der Waals surface area (Å²) in [5.41, 5.74) is 1.72. The van der Waals surface area contributed by atoms with Crippen molar-refractivity contribution in [2.45, 2.75) is 12.5 Å². The summed E-state index contributed by atoms with van der Waals surface area (Å²) >= 11 is 0. The molecule has 0 fully saturated rings. The minimum atomic E-state index is -0.222. The molecule has 0 radical (unpaired) electrons. The molecule has 6 heteroatoms. The zero-order valence-electron chi connectivity index (χ0n) is 15.9. The van der Waals surface area contributed by atoms with Gasteiger partial charge in [0.05, 0.1) is 19.4 Å². The molecule has 2 aromatic rings. The van der Waals surface area contributed by atoms with Crippen LogP contribution in [-0.4, -0.2) is 49.4 Å². The van der Waals surface area contributed by atoms with Gasteiger partial charge in [0.15, 0.2) is 12.7 Å². The molecule has 0 spiro atoms. The first kappa shape index (κ1) is 19.5. The van der Waals surface area contributed by atoms with Gasteiger partial charge in [-0.15, -0.1) is 6.58 Å². The minimum Gasteiger partial charge on any atom is -0.496 e.